The van der Waals surface area contributed by atoms with Crippen LogP contribution in [0.25, 0.3) is 0 Å². The third-order valence-electron chi connectivity index (χ3n) is 5.10. The molecule has 6 nitrogen and oxygen atoms in total. The van der Waals surface area contributed by atoms with Crippen molar-refractivity contribution in [2.24, 2.45) is 5.73 Å². The fourth-order valence-electron chi connectivity index (χ4n) is 3.73. The van der Waals surface area contributed by atoms with Gasteiger partial charge in [-0.15, -0.1) is 0 Å². The van der Waals surface area contributed by atoms with Gasteiger partial charge in [0.1, 0.15) is 23.3 Å². The molecule has 0 spiro atoms. The van der Waals surface area contributed by atoms with Crippen LogP contribution >= 0.6 is 0 Å². The zero-order chi connectivity index (χ0) is 22.8. The summed E-state index contributed by atoms with van der Waals surface area (Å²) < 4.78 is 32.4. The number of halogens is 2. The summed E-state index contributed by atoms with van der Waals surface area (Å²) >= 11 is 0. The lowest BCUT2D eigenvalue weighted by molar-refractivity contribution is -0.125. The van der Waals surface area contributed by atoms with Crippen molar-refractivity contribution in [3.63, 3.8) is 0 Å². The molecule has 0 aromatic heterocycles. The second-order valence-corrected chi connectivity index (χ2v) is 8.59. The molecule has 1 saturated heterocycles. The molecular formula is C23H27F2N3O3. The minimum Gasteiger partial charge on any atom is -0.444 e. The second kappa shape index (κ2) is 9.01. The Labute approximate surface area is 180 Å². The average Bonchev–Trinajstić information content (AvgIpc) is 2.69. The number of amides is 2. The largest absolute Gasteiger partial charge is 0.444 e. The first kappa shape index (κ1) is 22.7. The highest BCUT2D eigenvalue weighted by Gasteiger charge is 2.39. The van der Waals surface area contributed by atoms with Crippen LogP contribution in [0.5, 0.6) is 0 Å². The zero-order valence-corrected chi connectivity index (χ0v) is 17.8. The van der Waals surface area contributed by atoms with Gasteiger partial charge in [-0.1, -0.05) is 24.3 Å². The van der Waals surface area contributed by atoms with E-state index in [9.17, 15) is 18.4 Å². The summed E-state index contributed by atoms with van der Waals surface area (Å²) in [5.41, 5.74) is 6.48. The van der Waals surface area contributed by atoms with E-state index in [4.69, 9.17) is 10.5 Å². The van der Waals surface area contributed by atoms with Crippen molar-refractivity contribution in [1.29, 1.82) is 0 Å². The number of carbonyl (C=O) groups excluding carboxylic acids is 2. The zero-order valence-electron chi connectivity index (χ0n) is 17.8. The Bertz CT molecular complexity index is 881. The highest BCUT2D eigenvalue weighted by atomic mass is 19.1. The molecule has 8 heteroatoms. The van der Waals surface area contributed by atoms with E-state index < -0.39 is 23.6 Å². The number of benzene rings is 2. The van der Waals surface area contributed by atoms with Gasteiger partial charge in [0.05, 0.1) is 6.04 Å². The van der Waals surface area contributed by atoms with Crippen LogP contribution in [0.15, 0.2) is 48.5 Å². The lowest BCUT2D eigenvalue weighted by Gasteiger charge is -2.43. The predicted octanol–water partition coefficient (Wildman–Crippen LogP) is 3.46. The molecule has 0 aliphatic carbocycles. The molecule has 0 radical (unpaired) electrons. The van der Waals surface area contributed by atoms with E-state index in [2.05, 4.69) is 0 Å². The Balaban J connectivity index is 1.91. The Kier molecular flexibility index (Phi) is 6.59. The Morgan fingerprint density at radius 2 is 1.45 bits per heavy atom. The molecule has 1 aliphatic heterocycles. The third kappa shape index (κ3) is 5.58. The van der Waals surface area contributed by atoms with E-state index in [1.807, 2.05) is 4.90 Å². The molecule has 2 aromatic rings. The van der Waals surface area contributed by atoms with Crippen LogP contribution in [0.4, 0.5) is 13.6 Å². The van der Waals surface area contributed by atoms with Gasteiger partial charge >= 0.3 is 6.09 Å². The molecule has 166 valence electrons. The SMILES string of the molecule is CC(C)(C)OC(=O)N1CCN(C(c2ccc(F)cc2)c2ccc(F)cc2)CC1C(N)=O. The summed E-state index contributed by atoms with van der Waals surface area (Å²) in [7, 11) is 0. The first-order valence-electron chi connectivity index (χ1n) is 10.1. The van der Waals surface area contributed by atoms with E-state index in [0.717, 1.165) is 11.1 Å². The molecule has 2 amide bonds. The molecular weight excluding hydrogens is 404 g/mol. The summed E-state index contributed by atoms with van der Waals surface area (Å²) in [4.78, 5) is 28.2. The molecule has 1 unspecified atom stereocenters. The second-order valence-electron chi connectivity index (χ2n) is 8.59. The average molecular weight is 431 g/mol. The minimum absolute atomic E-state index is 0.161. The lowest BCUT2D eigenvalue weighted by Crippen LogP contribution is -2.61. The standard InChI is InChI=1S/C23H27F2N3O3/c1-23(2,3)31-22(30)28-13-12-27(14-19(28)21(26)29)20(15-4-8-17(24)9-5-15)16-6-10-18(25)11-7-16/h4-11,19-20H,12-14H2,1-3H3,(H2,26,29). The van der Waals surface area contributed by atoms with Gasteiger partial charge in [-0.25, -0.2) is 13.6 Å². The fourth-order valence-corrected chi connectivity index (χ4v) is 3.73. The van der Waals surface area contributed by atoms with Crippen molar-refractivity contribution in [2.75, 3.05) is 19.6 Å². The number of ether oxygens (including phenoxy) is 1. The topological polar surface area (TPSA) is 75.9 Å². The number of piperazine rings is 1. The number of rotatable bonds is 4. The van der Waals surface area contributed by atoms with Crippen molar-refractivity contribution >= 4 is 12.0 Å². The van der Waals surface area contributed by atoms with E-state index in [-0.39, 0.29) is 30.8 Å². The maximum Gasteiger partial charge on any atom is 0.411 e. The smallest absolute Gasteiger partial charge is 0.411 e. The lowest BCUT2D eigenvalue weighted by atomic mass is 9.95. The van der Waals surface area contributed by atoms with E-state index in [0.29, 0.717) is 6.54 Å². The quantitative estimate of drug-likeness (QED) is 0.805. The van der Waals surface area contributed by atoms with Gasteiger partial charge < -0.3 is 10.5 Å². The summed E-state index contributed by atoms with van der Waals surface area (Å²) in [6.45, 7) is 6.05. The summed E-state index contributed by atoms with van der Waals surface area (Å²) in [5, 5.41) is 0. The Morgan fingerprint density at radius 1 is 0.968 bits per heavy atom. The number of nitrogens with two attached hydrogens (primary N) is 1. The first-order chi connectivity index (χ1) is 14.5. The Hall–Kier alpha value is -3.00. The summed E-state index contributed by atoms with van der Waals surface area (Å²) in [6, 6.07) is 10.8. The molecule has 1 fully saturated rings. The molecule has 1 aliphatic rings. The highest BCUT2D eigenvalue weighted by Crippen LogP contribution is 2.31. The van der Waals surface area contributed by atoms with Gasteiger partial charge in [-0.2, -0.15) is 0 Å². The van der Waals surface area contributed by atoms with E-state index in [1.54, 1.807) is 45.0 Å². The number of carbonyl (C=O) groups is 2. The Morgan fingerprint density at radius 3 is 1.87 bits per heavy atom. The van der Waals surface area contributed by atoms with Gasteiger partial charge in [0, 0.05) is 19.6 Å². The summed E-state index contributed by atoms with van der Waals surface area (Å²) in [6.07, 6.45) is -0.601. The van der Waals surface area contributed by atoms with E-state index in [1.165, 1.54) is 29.2 Å². The van der Waals surface area contributed by atoms with Crippen LogP contribution in [0, 0.1) is 11.6 Å². The van der Waals surface area contributed by atoms with Gasteiger partial charge in [0.2, 0.25) is 5.91 Å². The molecule has 0 bridgehead atoms. The van der Waals surface area contributed by atoms with Gasteiger partial charge in [-0.05, 0) is 56.2 Å². The van der Waals surface area contributed by atoms with Gasteiger partial charge in [-0.3, -0.25) is 14.6 Å². The number of primary amides is 1. The van der Waals surface area contributed by atoms with Crippen LogP contribution in [0.2, 0.25) is 0 Å². The third-order valence-corrected chi connectivity index (χ3v) is 5.10. The van der Waals surface area contributed by atoms with Gasteiger partial charge in [0.25, 0.3) is 0 Å². The van der Waals surface area contributed by atoms with Crippen LogP contribution in [-0.4, -0.2) is 53.1 Å². The monoisotopic (exact) mass is 431 g/mol. The maximum atomic E-state index is 13.5. The number of hydrogen-bond donors (Lipinski definition) is 1. The molecule has 31 heavy (non-hydrogen) atoms. The maximum absolute atomic E-state index is 13.5. The van der Waals surface area contributed by atoms with Crippen molar-refractivity contribution < 1.29 is 23.1 Å². The number of nitrogens with zero attached hydrogens (tertiary/aromatic N) is 2. The van der Waals surface area contributed by atoms with Crippen molar-refractivity contribution in [3.05, 3.63) is 71.3 Å². The normalized spacial score (nSPS) is 17.6. The molecule has 1 atom stereocenters. The van der Waals surface area contributed by atoms with Gasteiger partial charge in [0.15, 0.2) is 0 Å². The van der Waals surface area contributed by atoms with E-state index >= 15 is 0 Å². The van der Waals surface area contributed by atoms with Crippen molar-refractivity contribution in [3.8, 4) is 0 Å². The van der Waals surface area contributed by atoms with Crippen LogP contribution < -0.4 is 5.73 Å². The summed E-state index contributed by atoms with van der Waals surface area (Å²) in [5.74, 6) is -1.38. The molecule has 1 heterocycles. The predicted molar refractivity (Wildman–Crippen MR) is 112 cm³/mol. The number of hydrogen-bond acceptors (Lipinski definition) is 4. The van der Waals surface area contributed by atoms with Crippen molar-refractivity contribution in [2.45, 2.75) is 38.5 Å². The van der Waals surface area contributed by atoms with Crippen molar-refractivity contribution in [1.82, 2.24) is 9.80 Å². The minimum atomic E-state index is -0.896. The molecule has 3 rings (SSSR count). The molecule has 2 N–H and O–H groups in total. The molecule has 2 aromatic carbocycles. The van der Waals surface area contributed by atoms with Crippen LogP contribution in [0.3, 0.4) is 0 Å². The van der Waals surface area contributed by atoms with Crippen LogP contribution in [0.1, 0.15) is 37.9 Å². The fraction of sp³-hybridized carbons (Fsp3) is 0.391. The van der Waals surface area contributed by atoms with Crippen LogP contribution in [-0.2, 0) is 9.53 Å². The first-order valence-corrected chi connectivity index (χ1v) is 10.1. The highest BCUT2D eigenvalue weighted by molar-refractivity contribution is 5.85. The molecule has 0 saturated carbocycles.